The summed E-state index contributed by atoms with van der Waals surface area (Å²) in [5, 5.41) is 15.7. The molecule has 0 aliphatic carbocycles. The number of hydrogen-bond acceptors (Lipinski definition) is 3. The van der Waals surface area contributed by atoms with Crippen LogP contribution in [0.1, 0.15) is 44.7 Å². The molecule has 0 saturated heterocycles. The Morgan fingerprint density at radius 1 is 1.23 bits per heavy atom. The minimum atomic E-state index is -0.278. The number of carbonyl (C=O) groups excluding carboxylic acids is 1. The van der Waals surface area contributed by atoms with Crippen molar-refractivity contribution in [3.63, 3.8) is 0 Å². The molecule has 0 aliphatic rings. The van der Waals surface area contributed by atoms with E-state index in [1.54, 1.807) is 6.92 Å². The fraction of sp³-hybridized carbons (Fsp3) is 0.611. The fourth-order valence-electron chi connectivity index (χ4n) is 2.51. The zero-order valence-electron chi connectivity index (χ0n) is 14.4. The maximum atomic E-state index is 12.1. The summed E-state index contributed by atoms with van der Waals surface area (Å²) >= 11 is 0. The Kier molecular flexibility index (Phi) is 7.56. The van der Waals surface area contributed by atoms with Crippen LogP contribution in [0.15, 0.2) is 18.2 Å². The molecule has 3 atom stereocenters. The first kappa shape index (κ1) is 18.7. The van der Waals surface area contributed by atoms with Crippen molar-refractivity contribution in [2.24, 2.45) is 5.92 Å². The predicted octanol–water partition coefficient (Wildman–Crippen LogP) is 3.02. The molecule has 0 bridgehead atoms. The first-order valence-electron chi connectivity index (χ1n) is 8.07. The van der Waals surface area contributed by atoms with Gasteiger partial charge in [0.25, 0.3) is 0 Å². The van der Waals surface area contributed by atoms with Crippen molar-refractivity contribution in [1.82, 2.24) is 5.32 Å². The molecule has 1 amide bonds. The molecule has 1 aromatic rings. The van der Waals surface area contributed by atoms with Crippen molar-refractivity contribution in [2.75, 3.05) is 11.9 Å². The average molecular weight is 306 g/mol. The van der Waals surface area contributed by atoms with E-state index < -0.39 is 0 Å². The van der Waals surface area contributed by atoms with Crippen molar-refractivity contribution in [3.8, 4) is 0 Å². The summed E-state index contributed by atoms with van der Waals surface area (Å²) < 4.78 is 0. The van der Waals surface area contributed by atoms with Gasteiger partial charge in [-0.2, -0.15) is 0 Å². The van der Waals surface area contributed by atoms with E-state index in [9.17, 15) is 9.90 Å². The van der Waals surface area contributed by atoms with Gasteiger partial charge >= 0.3 is 0 Å². The number of carbonyl (C=O) groups is 1. The smallest absolute Gasteiger partial charge is 0.225 e. The Labute approximate surface area is 134 Å². The summed E-state index contributed by atoms with van der Waals surface area (Å²) in [7, 11) is 0. The molecule has 0 radical (unpaired) electrons. The molecular weight excluding hydrogens is 276 g/mol. The first-order chi connectivity index (χ1) is 10.3. The number of aliphatic hydroxyl groups is 1. The summed E-state index contributed by atoms with van der Waals surface area (Å²) in [6, 6.07) is 6.04. The van der Waals surface area contributed by atoms with Crippen molar-refractivity contribution in [2.45, 2.75) is 59.6 Å². The molecule has 0 heterocycles. The standard InChI is InChI=1S/C18H30N2O2/c1-12(9-15(4)21)11-19-14(3)10-18(22)20-17-8-6-7-13(2)16(17)5/h6-8,12,14-15,19,21H,9-11H2,1-5H3,(H,20,22). The highest BCUT2D eigenvalue weighted by molar-refractivity contribution is 5.92. The summed E-state index contributed by atoms with van der Waals surface area (Å²) in [5.74, 6) is 0.418. The summed E-state index contributed by atoms with van der Waals surface area (Å²) in [6.07, 6.45) is 0.933. The summed E-state index contributed by atoms with van der Waals surface area (Å²) in [4.78, 5) is 12.1. The number of amides is 1. The third-order valence-corrected chi connectivity index (χ3v) is 3.93. The van der Waals surface area contributed by atoms with E-state index in [1.165, 1.54) is 5.56 Å². The van der Waals surface area contributed by atoms with Crippen molar-refractivity contribution in [3.05, 3.63) is 29.3 Å². The lowest BCUT2D eigenvalue weighted by molar-refractivity contribution is -0.116. The van der Waals surface area contributed by atoms with Gasteiger partial charge in [0.2, 0.25) is 5.91 Å². The molecule has 0 saturated carbocycles. The molecule has 0 fully saturated rings. The first-order valence-corrected chi connectivity index (χ1v) is 8.07. The van der Waals surface area contributed by atoms with E-state index in [2.05, 4.69) is 17.6 Å². The number of benzene rings is 1. The zero-order chi connectivity index (χ0) is 16.7. The molecule has 4 heteroatoms. The molecule has 1 rings (SSSR count). The lowest BCUT2D eigenvalue weighted by Gasteiger charge is -2.19. The number of hydrogen-bond donors (Lipinski definition) is 3. The van der Waals surface area contributed by atoms with Gasteiger partial charge in [0.15, 0.2) is 0 Å². The molecule has 1 aromatic carbocycles. The molecule has 0 aliphatic heterocycles. The molecule has 0 aromatic heterocycles. The van der Waals surface area contributed by atoms with Crippen LogP contribution in [0.3, 0.4) is 0 Å². The van der Waals surface area contributed by atoms with Crippen LogP contribution in [0.2, 0.25) is 0 Å². The van der Waals surface area contributed by atoms with Gasteiger partial charge in [-0.3, -0.25) is 4.79 Å². The molecule has 3 unspecified atom stereocenters. The van der Waals surface area contributed by atoms with E-state index in [0.29, 0.717) is 12.3 Å². The second-order valence-corrected chi connectivity index (χ2v) is 6.50. The minimum absolute atomic E-state index is 0.0249. The SMILES string of the molecule is Cc1cccc(NC(=O)CC(C)NCC(C)CC(C)O)c1C. The average Bonchev–Trinajstić information content (AvgIpc) is 2.41. The molecule has 3 N–H and O–H groups in total. The predicted molar refractivity (Wildman–Crippen MR) is 92.1 cm³/mol. The Bertz CT molecular complexity index is 486. The molecular formula is C18H30N2O2. The molecule has 4 nitrogen and oxygen atoms in total. The number of rotatable bonds is 8. The highest BCUT2D eigenvalue weighted by atomic mass is 16.3. The lowest BCUT2D eigenvalue weighted by Crippen LogP contribution is -2.34. The monoisotopic (exact) mass is 306 g/mol. The van der Waals surface area contributed by atoms with Crippen LogP contribution >= 0.6 is 0 Å². The second-order valence-electron chi connectivity index (χ2n) is 6.50. The van der Waals surface area contributed by atoms with Crippen LogP contribution in [-0.4, -0.2) is 29.7 Å². The number of nitrogens with one attached hydrogen (secondary N) is 2. The van der Waals surface area contributed by atoms with Gasteiger partial charge in [0.05, 0.1) is 6.10 Å². The number of anilines is 1. The van der Waals surface area contributed by atoms with Crippen LogP contribution in [-0.2, 0) is 4.79 Å². The lowest BCUT2D eigenvalue weighted by atomic mass is 10.0. The maximum absolute atomic E-state index is 12.1. The van der Waals surface area contributed by atoms with Crippen molar-refractivity contribution < 1.29 is 9.90 Å². The molecule has 0 spiro atoms. The normalized spacial score (nSPS) is 15.2. The number of aliphatic hydroxyl groups excluding tert-OH is 1. The molecule has 22 heavy (non-hydrogen) atoms. The third kappa shape index (κ3) is 6.58. The largest absolute Gasteiger partial charge is 0.393 e. The maximum Gasteiger partial charge on any atom is 0.225 e. The highest BCUT2D eigenvalue weighted by Crippen LogP contribution is 2.18. The van der Waals surface area contributed by atoms with E-state index in [-0.39, 0.29) is 18.1 Å². The summed E-state index contributed by atoms with van der Waals surface area (Å²) in [6.45, 7) is 10.8. The highest BCUT2D eigenvalue weighted by Gasteiger charge is 2.12. The van der Waals surface area contributed by atoms with Gasteiger partial charge in [-0.1, -0.05) is 19.1 Å². The zero-order valence-corrected chi connectivity index (χ0v) is 14.4. The van der Waals surface area contributed by atoms with Gasteiger partial charge in [-0.25, -0.2) is 0 Å². The Morgan fingerprint density at radius 3 is 2.55 bits per heavy atom. The van der Waals surface area contributed by atoms with Crippen molar-refractivity contribution >= 4 is 11.6 Å². The topological polar surface area (TPSA) is 61.4 Å². The molecule has 124 valence electrons. The van der Waals surface area contributed by atoms with Gasteiger partial charge in [-0.05, 0) is 63.8 Å². The van der Waals surface area contributed by atoms with E-state index in [1.807, 2.05) is 39.0 Å². The van der Waals surface area contributed by atoms with E-state index in [4.69, 9.17) is 0 Å². The number of aryl methyl sites for hydroxylation is 1. The Morgan fingerprint density at radius 2 is 1.91 bits per heavy atom. The quantitative estimate of drug-likeness (QED) is 0.692. The van der Waals surface area contributed by atoms with Gasteiger partial charge in [-0.15, -0.1) is 0 Å². The van der Waals surface area contributed by atoms with E-state index >= 15 is 0 Å². The minimum Gasteiger partial charge on any atom is -0.393 e. The van der Waals surface area contributed by atoms with Crippen LogP contribution in [0.4, 0.5) is 5.69 Å². The summed E-state index contributed by atoms with van der Waals surface area (Å²) in [5.41, 5.74) is 3.18. The second kappa shape index (κ2) is 8.91. The van der Waals surface area contributed by atoms with Crippen LogP contribution in [0.25, 0.3) is 0 Å². The van der Waals surface area contributed by atoms with Crippen LogP contribution in [0.5, 0.6) is 0 Å². The Hall–Kier alpha value is -1.39. The fourth-order valence-corrected chi connectivity index (χ4v) is 2.51. The van der Waals surface area contributed by atoms with Crippen LogP contribution < -0.4 is 10.6 Å². The van der Waals surface area contributed by atoms with E-state index in [0.717, 1.165) is 24.2 Å². The van der Waals surface area contributed by atoms with Gasteiger partial charge in [0, 0.05) is 18.2 Å². The van der Waals surface area contributed by atoms with Crippen LogP contribution in [0, 0.1) is 19.8 Å². The third-order valence-electron chi connectivity index (χ3n) is 3.93. The van der Waals surface area contributed by atoms with Gasteiger partial charge in [0.1, 0.15) is 0 Å². The Balaban J connectivity index is 2.39. The van der Waals surface area contributed by atoms with Crippen molar-refractivity contribution in [1.29, 1.82) is 0 Å². The van der Waals surface area contributed by atoms with Gasteiger partial charge < -0.3 is 15.7 Å².